The van der Waals surface area contributed by atoms with Gasteiger partial charge in [-0.2, -0.15) is 0 Å². The highest BCUT2D eigenvalue weighted by Crippen LogP contribution is 2.59. The Morgan fingerprint density at radius 1 is 0.357 bits per heavy atom. The number of benzene rings is 11. The second-order valence-electron chi connectivity index (χ2n) is 18.4. The van der Waals surface area contributed by atoms with Crippen LogP contribution in [0.3, 0.4) is 0 Å². The smallest absolute Gasteiger partial charge is 0.0714 e. The standard InChI is InChI=1S/C67H44N2S/c1-3-19-48(20-4-1)67(49-21-5-2-6-22-49)59-30-11-7-27-58(59)65-60(67)31-17-34-63(65)68(52-23-15-18-47(44-52)53-28-16-29-57-56-26-10-14-35-64(56)70-66(53)57)50-40-36-45(37-41-50)46-38-42-51(43-39-46)69-61-32-12-8-24-54(61)55-25-9-13-33-62(55)69/h1-44H. The van der Waals surface area contributed by atoms with Gasteiger partial charge in [-0.3, -0.25) is 0 Å². The van der Waals surface area contributed by atoms with E-state index < -0.39 is 5.41 Å². The summed E-state index contributed by atoms with van der Waals surface area (Å²) in [7, 11) is 0. The van der Waals surface area contributed by atoms with E-state index in [1.807, 2.05) is 11.3 Å². The summed E-state index contributed by atoms with van der Waals surface area (Å²) in [4.78, 5) is 2.49. The van der Waals surface area contributed by atoms with Crippen LogP contribution in [0.1, 0.15) is 22.3 Å². The van der Waals surface area contributed by atoms with Gasteiger partial charge in [-0.1, -0.05) is 206 Å². The van der Waals surface area contributed by atoms with Crippen molar-refractivity contribution in [3.63, 3.8) is 0 Å². The van der Waals surface area contributed by atoms with Gasteiger partial charge >= 0.3 is 0 Å². The Morgan fingerprint density at radius 3 is 1.61 bits per heavy atom. The topological polar surface area (TPSA) is 8.17 Å². The fourth-order valence-corrected chi connectivity index (χ4v) is 12.9. The molecule has 70 heavy (non-hydrogen) atoms. The first-order valence-electron chi connectivity index (χ1n) is 24.1. The maximum Gasteiger partial charge on any atom is 0.0714 e. The predicted octanol–water partition coefficient (Wildman–Crippen LogP) is 18.3. The average molecular weight is 909 g/mol. The molecule has 0 saturated heterocycles. The molecule has 0 N–H and O–H groups in total. The molecule has 0 radical (unpaired) electrons. The van der Waals surface area contributed by atoms with E-state index in [1.54, 1.807) is 0 Å². The molecule has 13 aromatic rings. The second kappa shape index (κ2) is 16.2. The molecule has 2 heterocycles. The summed E-state index contributed by atoms with van der Waals surface area (Å²) in [6.07, 6.45) is 0. The Hall–Kier alpha value is -8.76. The Kier molecular flexibility index (Phi) is 9.33. The lowest BCUT2D eigenvalue weighted by Crippen LogP contribution is -2.28. The van der Waals surface area contributed by atoms with Crippen LogP contribution in [0.2, 0.25) is 0 Å². The number of anilines is 3. The first-order valence-corrected chi connectivity index (χ1v) is 24.9. The van der Waals surface area contributed by atoms with Crippen molar-refractivity contribution < 1.29 is 0 Å². The molecule has 11 aromatic carbocycles. The van der Waals surface area contributed by atoms with E-state index in [0.29, 0.717) is 0 Å². The molecule has 328 valence electrons. The minimum Gasteiger partial charge on any atom is -0.310 e. The molecule has 0 aliphatic heterocycles. The Bertz CT molecular complexity index is 4020. The van der Waals surface area contributed by atoms with Crippen molar-refractivity contribution in [2.24, 2.45) is 0 Å². The van der Waals surface area contributed by atoms with Crippen molar-refractivity contribution in [2.75, 3.05) is 4.90 Å². The van der Waals surface area contributed by atoms with Crippen molar-refractivity contribution in [3.8, 4) is 39.1 Å². The van der Waals surface area contributed by atoms with E-state index in [0.717, 1.165) is 22.7 Å². The van der Waals surface area contributed by atoms with Crippen molar-refractivity contribution >= 4 is 70.4 Å². The van der Waals surface area contributed by atoms with E-state index >= 15 is 0 Å². The van der Waals surface area contributed by atoms with Crippen LogP contribution in [0.4, 0.5) is 17.1 Å². The Morgan fingerprint density at radius 2 is 0.900 bits per heavy atom. The van der Waals surface area contributed by atoms with Gasteiger partial charge in [0, 0.05) is 53.6 Å². The van der Waals surface area contributed by atoms with Crippen LogP contribution in [0.25, 0.3) is 81.0 Å². The van der Waals surface area contributed by atoms with Gasteiger partial charge in [-0.15, -0.1) is 11.3 Å². The molecule has 0 unspecified atom stereocenters. The van der Waals surface area contributed by atoms with Gasteiger partial charge < -0.3 is 9.47 Å². The van der Waals surface area contributed by atoms with E-state index in [4.69, 9.17) is 0 Å². The van der Waals surface area contributed by atoms with Crippen LogP contribution in [0.15, 0.2) is 267 Å². The fourth-order valence-electron chi connectivity index (χ4n) is 11.7. The minimum atomic E-state index is -0.524. The lowest BCUT2D eigenvalue weighted by Gasteiger charge is -2.34. The zero-order valence-corrected chi connectivity index (χ0v) is 39.0. The molecule has 0 fully saturated rings. The van der Waals surface area contributed by atoms with Gasteiger partial charge in [0.05, 0.1) is 22.1 Å². The summed E-state index contributed by atoms with van der Waals surface area (Å²) in [5, 5.41) is 5.14. The average Bonchev–Trinajstić information content (AvgIpc) is 4.09. The summed E-state index contributed by atoms with van der Waals surface area (Å²) >= 11 is 1.88. The number of aromatic nitrogens is 1. The highest BCUT2D eigenvalue weighted by molar-refractivity contribution is 7.26. The Labute approximate surface area is 411 Å². The first kappa shape index (κ1) is 40.3. The number of rotatable bonds is 8. The number of para-hydroxylation sites is 2. The maximum absolute atomic E-state index is 2.49. The van der Waals surface area contributed by atoms with Gasteiger partial charge in [0.1, 0.15) is 0 Å². The van der Waals surface area contributed by atoms with Gasteiger partial charge in [0.25, 0.3) is 0 Å². The molecule has 1 aliphatic rings. The zero-order valence-electron chi connectivity index (χ0n) is 38.2. The van der Waals surface area contributed by atoms with Crippen molar-refractivity contribution in [3.05, 3.63) is 289 Å². The molecule has 0 amide bonds. The number of nitrogens with zero attached hydrogens (tertiary/aromatic N) is 2. The fraction of sp³-hybridized carbons (Fsp3) is 0.0149. The number of hydrogen-bond donors (Lipinski definition) is 0. The van der Waals surface area contributed by atoms with Crippen LogP contribution >= 0.6 is 11.3 Å². The van der Waals surface area contributed by atoms with Crippen molar-refractivity contribution in [1.29, 1.82) is 0 Å². The van der Waals surface area contributed by atoms with Gasteiger partial charge in [0.15, 0.2) is 0 Å². The SMILES string of the molecule is c1ccc(C2(c3ccccc3)c3ccccc3-c3c(N(c4ccc(-c5ccc(-n6c7ccccc7c7ccccc76)cc5)cc4)c4cccc(-c5cccc6c5sc5ccccc56)c4)cccc32)cc1. The molecule has 0 spiro atoms. The summed E-state index contributed by atoms with van der Waals surface area (Å²) in [5.41, 5.74) is 18.7. The maximum atomic E-state index is 2.49. The van der Waals surface area contributed by atoms with Crippen LogP contribution in [-0.4, -0.2) is 4.57 Å². The summed E-state index contributed by atoms with van der Waals surface area (Å²) in [6.45, 7) is 0. The van der Waals surface area contributed by atoms with Crippen LogP contribution in [-0.2, 0) is 5.41 Å². The zero-order chi connectivity index (χ0) is 46.2. The minimum absolute atomic E-state index is 0.524. The molecule has 2 nitrogen and oxygen atoms in total. The Balaban J connectivity index is 0.944. The van der Waals surface area contributed by atoms with Crippen LogP contribution in [0, 0.1) is 0 Å². The predicted molar refractivity (Wildman–Crippen MR) is 297 cm³/mol. The lowest BCUT2D eigenvalue weighted by atomic mass is 9.68. The van der Waals surface area contributed by atoms with E-state index in [2.05, 4.69) is 276 Å². The third kappa shape index (κ3) is 6.12. The van der Waals surface area contributed by atoms with Gasteiger partial charge in [-0.25, -0.2) is 0 Å². The third-order valence-electron chi connectivity index (χ3n) is 14.7. The molecule has 3 heteroatoms. The summed E-state index contributed by atoms with van der Waals surface area (Å²) in [6, 6.07) is 98.5. The van der Waals surface area contributed by atoms with E-state index in [9.17, 15) is 0 Å². The molecule has 0 saturated carbocycles. The normalized spacial score (nSPS) is 12.7. The lowest BCUT2D eigenvalue weighted by molar-refractivity contribution is 0.768. The monoisotopic (exact) mass is 908 g/mol. The quantitative estimate of drug-likeness (QED) is 0.147. The number of fused-ring (bicyclic) bond motifs is 9. The van der Waals surface area contributed by atoms with Crippen LogP contribution < -0.4 is 4.90 Å². The molecule has 0 atom stereocenters. The first-order chi connectivity index (χ1) is 34.7. The van der Waals surface area contributed by atoms with E-state index in [-0.39, 0.29) is 0 Å². The summed E-state index contributed by atoms with van der Waals surface area (Å²) < 4.78 is 5.00. The molecule has 2 aromatic heterocycles. The highest BCUT2D eigenvalue weighted by Gasteiger charge is 2.47. The van der Waals surface area contributed by atoms with Crippen molar-refractivity contribution in [1.82, 2.24) is 4.57 Å². The summed E-state index contributed by atoms with van der Waals surface area (Å²) in [5.74, 6) is 0. The molecular formula is C67H44N2S. The third-order valence-corrected chi connectivity index (χ3v) is 15.9. The number of thiophene rings is 1. The van der Waals surface area contributed by atoms with Gasteiger partial charge in [0.2, 0.25) is 0 Å². The van der Waals surface area contributed by atoms with Crippen molar-refractivity contribution in [2.45, 2.75) is 5.41 Å². The molecule has 1 aliphatic carbocycles. The largest absolute Gasteiger partial charge is 0.310 e. The van der Waals surface area contributed by atoms with Gasteiger partial charge in [-0.05, 0) is 111 Å². The molecule has 0 bridgehead atoms. The number of hydrogen-bond acceptors (Lipinski definition) is 2. The second-order valence-corrected chi connectivity index (χ2v) is 19.4. The highest BCUT2D eigenvalue weighted by atomic mass is 32.1. The van der Waals surface area contributed by atoms with E-state index in [1.165, 1.54) is 97.6 Å². The molecular weight excluding hydrogens is 865 g/mol. The van der Waals surface area contributed by atoms with Crippen LogP contribution in [0.5, 0.6) is 0 Å². The molecule has 14 rings (SSSR count).